The lowest BCUT2D eigenvalue weighted by atomic mass is 10.0. The topological polar surface area (TPSA) is 369 Å². The number of nitro groups is 2. The first-order valence-corrected chi connectivity index (χ1v) is 31.0. The van der Waals surface area contributed by atoms with E-state index in [1.165, 1.54) is 0 Å². The SMILES string of the molecule is CC(C)CN(C[C@@H](OP(=O)(O)O)[C@H](Cc1ccccc1)NC(=O)O[C@H]1CCOC1)S(=O)(=O)c1ccc([N+](=O)[O-])cc1.CC(C)CN(C[C@@H](O[P+](=O)O)[C@H](Cc1ccccc1)NC(=O)O[C@H]1CCOC1)S(=O)(=O)c1ccc([N+](=O)[O-])cc1. The summed E-state index contributed by atoms with van der Waals surface area (Å²) in [5, 5.41) is 27.4. The van der Waals surface area contributed by atoms with E-state index in [2.05, 4.69) is 10.6 Å². The van der Waals surface area contributed by atoms with Crippen LogP contribution in [-0.4, -0.2) is 151 Å². The lowest BCUT2D eigenvalue weighted by molar-refractivity contribution is -0.385. The van der Waals surface area contributed by atoms with Gasteiger partial charge in [0, 0.05) is 67.9 Å². The molecule has 0 aliphatic carbocycles. The molecule has 4 aromatic rings. The average Bonchev–Trinajstić information content (AvgIpc) is 4.18. The fourth-order valence-corrected chi connectivity index (χ4v) is 12.7. The van der Waals surface area contributed by atoms with Crippen LogP contribution in [0, 0.1) is 32.1 Å². The molecule has 0 spiro atoms. The third-order valence-corrected chi connectivity index (χ3v) is 16.9. The molecule has 2 amide bonds. The zero-order valence-corrected chi connectivity index (χ0v) is 48.1. The number of carbonyl (C=O) groups excluding carboxylic acids is 2. The summed E-state index contributed by atoms with van der Waals surface area (Å²) >= 11 is 0. The fraction of sp³-hybridized carbons (Fsp3) is 0.480. The first-order chi connectivity index (χ1) is 38.2. The zero-order valence-electron chi connectivity index (χ0n) is 44.7. The van der Waals surface area contributed by atoms with Crippen molar-refractivity contribution in [2.45, 2.75) is 99.7 Å². The van der Waals surface area contributed by atoms with Crippen LogP contribution in [0.2, 0.25) is 0 Å². The van der Waals surface area contributed by atoms with Crippen molar-refractivity contribution in [2.75, 3.05) is 52.6 Å². The molecule has 0 saturated carbocycles. The number of non-ortho nitro benzene ring substituents is 2. The van der Waals surface area contributed by atoms with Crippen molar-refractivity contribution in [3.63, 3.8) is 0 Å². The van der Waals surface area contributed by atoms with Gasteiger partial charge in [-0.3, -0.25) is 24.8 Å². The third-order valence-electron chi connectivity index (χ3n) is 12.2. The monoisotopic (exact) mass is 1210 g/mol. The molecule has 2 aliphatic heterocycles. The predicted molar refractivity (Wildman–Crippen MR) is 291 cm³/mol. The number of nitro benzene ring substituents is 2. The van der Waals surface area contributed by atoms with E-state index in [0.29, 0.717) is 31.6 Å². The summed E-state index contributed by atoms with van der Waals surface area (Å²) in [6.45, 7) is 7.36. The molecule has 2 aliphatic rings. The van der Waals surface area contributed by atoms with Crippen molar-refractivity contribution in [3.05, 3.63) is 141 Å². The van der Waals surface area contributed by atoms with Crippen LogP contribution in [0.4, 0.5) is 21.0 Å². The van der Waals surface area contributed by atoms with Gasteiger partial charge in [-0.1, -0.05) is 88.4 Å². The number of rotatable bonds is 28. The van der Waals surface area contributed by atoms with E-state index in [0.717, 1.165) is 62.7 Å². The van der Waals surface area contributed by atoms with Gasteiger partial charge in [-0.15, -0.1) is 9.42 Å². The van der Waals surface area contributed by atoms with Gasteiger partial charge >= 0.3 is 28.3 Å². The summed E-state index contributed by atoms with van der Waals surface area (Å²) in [6, 6.07) is 24.3. The summed E-state index contributed by atoms with van der Waals surface area (Å²) in [7, 11) is -16.9. The van der Waals surface area contributed by atoms with Gasteiger partial charge in [0.05, 0.1) is 58.1 Å². The number of ether oxygens (including phenoxy) is 4. The number of hydrogen-bond donors (Lipinski definition) is 5. The Morgan fingerprint density at radius 1 is 0.654 bits per heavy atom. The molecule has 0 radical (unpaired) electrons. The largest absolute Gasteiger partial charge is 0.695 e. The van der Waals surface area contributed by atoms with Crippen molar-refractivity contribution in [1.29, 1.82) is 0 Å². The van der Waals surface area contributed by atoms with Gasteiger partial charge in [0.15, 0.2) is 6.10 Å². The molecule has 7 atom stereocenters. The number of phosphoric acid groups is 1. The minimum atomic E-state index is -5.19. The maximum absolute atomic E-state index is 13.7. The highest BCUT2D eigenvalue weighted by atomic mass is 32.2. The minimum Gasteiger partial charge on any atom is -0.444 e. The maximum Gasteiger partial charge on any atom is 0.695 e. The Bertz CT molecular complexity index is 2970. The molecule has 6 rings (SSSR count). The van der Waals surface area contributed by atoms with Crippen molar-refractivity contribution in [3.8, 4) is 0 Å². The number of nitrogens with zero attached hydrogens (tertiary/aromatic N) is 4. The van der Waals surface area contributed by atoms with Gasteiger partial charge in [0.1, 0.15) is 18.3 Å². The number of sulfonamides is 2. The first-order valence-electron chi connectivity index (χ1n) is 25.4. The van der Waals surface area contributed by atoms with Crippen LogP contribution >= 0.6 is 16.1 Å². The predicted octanol–water partition coefficient (Wildman–Crippen LogP) is 6.25. The van der Waals surface area contributed by atoms with Crippen molar-refractivity contribution in [1.82, 2.24) is 19.2 Å². The second-order valence-corrected chi connectivity index (χ2v) is 25.4. The number of benzene rings is 4. The quantitative estimate of drug-likeness (QED) is 0.0238. The second-order valence-electron chi connectivity index (χ2n) is 19.6. The zero-order chi connectivity index (χ0) is 59.5. The molecule has 2 heterocycles. The van der Waals surface area contributed by atoms with Crippen LogP contribution < -0.4 is 10.6 Å². The molecule has 81 heavy (non-hydrogen) atoms. The van der Waals surface area contributed by atoms with E-state index in [4.69, 9.17) is 28.0 Å². The number of amides is 2. The molecule has 2 saturated heterocycles. The highest BCUT2D eigenvalue weighted by molar-refractivity contribution is 7.89. The van der Waals surface area contributed by atoms with Gasteiger partial charge in [-0.05, 0) is 60.1 Å². The molecule has 2 fully saturated rings. The average molecular weight is 1210 g/mol. The highest BCUT2D eigenvalue weighted by Crippen LogP contribution is 2.39. The second kappa shape index (κ2) is 30.9. The number of nitrogens with one attached hydrogen (secondary N) is 2. The van der Waals surface area contributed by atoms with Gasteiger partial charge in [-0.2, -0.15) is 8.61 Å². The van der Waals surface area contributed by atoms with Crippen LogP contribution in [0.25, 0.3) is 0 Å². The molecule has 1 unspecified atom stereocenters. The Labute approximate surface area is 469 Å². The number of phosphoric ester groups is 1. The van der Waals surface area contributed by atoms with Crippen LogP contribution in [-0.2, 0) is 70.0 Å². The Morgan fingerprint density at radius 3 is 1.35 bits per heavy atom. The molecular weight excluding hydrogens is 1150 g/mol. The normalized spacial score (nSPS) is 17.4. The van der Waals surface area contributed by atoms with Crippen LogP contribution in [0.5, 0.6) is 0 Å². The lowest BCUT2D eigenvalue weighted by Gasteiger charge is -2.33. The van der Waals surface area contributed by atoms with E-state index in [-0.39, 0.29) is 72.1 Å². The van der Waals surface area contributed by atoms with Gasteiger partial charge in [-0.25, -0.2) is 31.0 Å². The summed E-state index contributed by atoms with van der Waals surface area (Å²) in [6.07, 6.45) is -4.28. The third kappa shape index (κ3) is 21.7. The van der Waals surface area contributed by atoms with E-state index >= 15 is 0 Å². The Kier molecular flexibility index (Phi) is 25.2. The van der Waals surface area contributed by atoms with Crippen LogP contribution in [0.15, 0.2) is 119 Å². The highest BCUT2D eigenvalue weighted by Gasteiger charge is 2.40. The summed E-state index contributed by atoms with van der Waals surface area (Å²) in [4.78, 5) is 75.1. The van der Waals surface area contributed by atoms with Gasteiger partial charge in [0.25, 0.3) is 11.4 Å². The summed E-state index contributed by atoms with van der Waals surface area (Å²) in [5.41, 5.74) is 0.855. The number of hydrogen-bond acceptors (Lipinski definition) is 18. The summed E-state index contributed by atoms with van der Waals surface area (Å²) < 4.78 is 112. The molecule has 31 heteroatoms. The van der Waals surface area contributed by atoms with E-state index in [1.807, 2.05) is 0 Å². The molecule has 4 aromatic carbocycles. The maximum atomic E-state index is 13.7. The standard InChI is InChI=1S/C25H34N3O11PS.C25H32N3O10PS/c1-18(2)15-27(41(35,36)22-10-8-20(9-11-22)28(30)31)16-24(39-40(32,33)34)23(14-19-6-4-3-5-7-19)26-25(29)38-21-12-13-37-17-21;1-18(2)15-27(40(34,35)22-10-8-20(9-11-22)28(30)31)16-24(38-39(32)33)23(14-19-6-4-3-5-7-19)26-25(29)37-21-12-13-36-17-21/h3-11,18,21,23-24H,12-17H2,1-2H3,(H,26,29)(H2,32,33,34);3-11,18,21,23-24H,12-17H2,1-2H3,(H-,26,29,32,33)/p+1/t2*21-,23-,24+/m00/s1. The van der Waals surface area contributed by atoms with Crippen molar-refractivity contribution < 1.29 is 88.1 Å². The Hall–Kier alpha value is -5.91. The minimum absolute atomic E-state index is 0.00328. The van der Waals surface area contributed by atoms with Gasteiger partial charge < -0.3 is 39.4 Å². The Morgan fingerprint density at radius 2 is 1.02 bits per heavy atom. The van der Waals surface area contributed by atoms with Crippen molar-refractivity contribution >= 4 is 59.7 Å². The number of alkyl carbamates (subject to hydrolysis) is 2. The number of carbonyl (C=O) groups is 2. The van der Waals surface area contributed by atoms with E-state index in [1.54, 1.807) is 88.4 Å². The van der Waals surface area contributed by atoms with Crippen LogP contribution in [0.1, 0.15) is 51.7 Å². The molecule has 444 valence electrons. The first kappa shape index (κ1) is 65.9. The molecule has 0 bridgehead atoms. The Balaban J connectivity index is 0.000000297. The fourth-order valence-electron chi connectivity index (χ4n) is 8.47. The molecule has 0 aromatic heterocycles. The van der Waals surface area contributed by atoms with Crippen LogP contribution in [0.3, 0.4) is 0 Å². The molecule has 5 N–H and O–H groups in total. The lowest BCUT2D eigenvalue weighted by Crippen LogP contribution is -2.52. The smallest absolute Gasteiger partial charge is 0.444 e. The summed E-state index contributed by atoms with van der Waals surface area (Å²) in [5.74, 6) is -0.393. The molecule has 27 nitrogen and oxygen atoms in total. The van der Waals surface area contributed by atoms with Crippen molar-refractivity contribution in [2.24, 2.45) is 11.8 Å². The van der Waals surface area contributed by atoms with E-state index in [9.17, 15) is 70.5 Å². The van der Waals surface area contributed by atoms with Gasteiger partial charge in [0.2, 0.25) is 20.0 Å². The van der Waals surface area contributed by atoms with E-state index < -0.39 is 108 Å². The molecular formula is C50H67N6O21P2S2+.